The Kier molecular flexibility index (Phi) is 4.22. The van der Waals surface area contributed by atoms with Crippen molar-refractivity contribution in [1.82, 2.24) is 19.6 Å². The lowest BCUT2D eigenvalue weighted by Gasteiger charge is -2.20. The van der Waals surface area contributed by atoms with Crippen molar-refractivity contribution in [2.75, 3.05) is 33.0 Å². The van der Waals surface area contributed by atoms with E-state index in [0.29, 0.717) is 0 Å². The van der Waals surface area contributed by atoms with Gasteiger partial charge in [-0.05, 0) is 62.3 Å². The number of fused-ring (bicyclic) bond motifs is 2. The van der Waals surface area contributed by atoms with Gasteiger partial charge in [-0.1, -0.05) is 0 Å². The summed E-state index contributed by atoms with van der Waals surface area (Å²) in [7, 11) is 0. The molecule has 5 rings (SSSR count). The molecule has 4 heterocycles. The molecule has 0 amide bonds. The van der Waals surface area contributed by atoms with Crippen molar-refractivity contribution in [2.24, 2.45) is 0 Å². The van der Waals surface area contributed by atoms with E-state index >= 15 is 0 Å². The Balaban J connectivity index is 1.59. The topological polar surface area (TPSA) is 51.0 Å². The van der Waals surface area contributed by atoms with E-state index in [2.05, 4.69) is 45.9 Å². The van der Waals surface area contributed by atoms with E-state index in [1.165, 1.54) is 17.7 Å². The summed E-state index contributed by atoms with van der Waals surface area (Å²) < 4.78 is 13.3. The zero-order valence-electron chi connectivity index (χ0n) is 15.6. The van der Waals surface area contributed by atoms with Gasteiger partial charge in [0.25, 0.3) is 0 Å². The van der Waals surface area contributed by atoms with Gasteiger partial charge in [0.2, 0.25) is 6.79 Å². The lowest BCUT2D eigenvalue weighted by molar-refractivity contribution is 0.174. The van der Waals surface area contributed by atoms with Crippen molar-refractivity contribution in [3.8, 4) is 22.8 Å². The minimum absolute atomic E-state index is 0.288. The van der Waals surface area contributed by atoms with Crippen molar-refractivity contribution < 1.29 is 9.47 Å². The van der Waals surface area contributed by atoms with Gasteiger partial charge in [0.15, 0.2) is 11.5 Å². The van der Waals surface area contributed by atoms with Crippen LogP contribution in [0.2, 0.25) is 0 Å². The quantitative estimate of drug-likeness (QED) is 0.775. The predicted octanol–water partition coefficient (Wildman–Crippen LogP) is 2.83. The van der Waals surface area contributed by atoms with Crippen LogP contribution in [0, 0.1) is 6.92 Å². The number of aromatic nitrogens is 2. The second kappa shape index (κ2) is 6.87. The fourth-order valence-corrected chi connectivity index (χ4v) is 3.89. The summed E-state index contributed by atoms with van der Waals surface area (Å²) in [6.45, 7) is 7.57. The van der Waals surface area contributed by atoms with E-state index in [4.69, 9.17) is 14.5 Å². The van der Waals surface area contributed by atoms with Gasteiger partial charge in [-0.2, -0.15) is 0 Å². The molecule has 1 fully saturated rings. The first-order valence-corrected chi connectivity index (χ1v) is 9.58. The Hall–Kier alpha value is -2.57. The molecule has 27 heavy (non-hydrogen) atoms. The lowest BCUT2D eigenvalue weighted by atomic mass is 10.1. The lowest BCUT2D eigenvalue weighted by Crippen LogP contribution is -2.28. The number of ether oxygens (including phenoxy) is 2. The minimum atomic E-state index is 0.288. The zero-order chi connectivity index (χ0) is 18.2. The van der Waals surface area contributed by atoms with Gasteiger partial charge < -0.3 is 19.2 Å². The smallest absolute Gasteiger partial charge is 0.231 e. The first-order valence-electron chi connectivity index (χ1n) is 9.58. The number of hydrogen-bond acceptors (Lipinski definition) is 5. The molecular formula is C21H24N4O2. The number of aryl methyl sites for hydroxylation is 1. The van der Waals surface area contributed by atoms with Crippen LogP contribution in [0.1, 0.15) is 17.7 Å². The average Bonchev–Trinajstić information content (AvgIpc) is 3.18. The van der Waals surface area contributed by atoms with Crippen LogP contribution in [-0.4, -0.2) is 47.3 Å². The molecule has 1 saturated heterocycles. The summed E-state index contributed by atoms with van der Waals surface area (Å²) in [4.78, 5) is 7.50. The van der Waals surface area contributed by atoms with E-state index in [0.717, 1.165) is 61.1 Å². The zero-order valence-corrected chi connectivity index (χ0v) is 15.6. The van der Waals surface area contributed by atoms with Crippen molar-refractivity contribution in [1.29, 1.82) is 0 Å². The molecule has 2 aliphatic rings. The fourth-order valence-electron chi connectivity index (χ4n) is 3.89. The highest BCUT2D eigenvalue weighted by Gasteiger charge is 2.21. The number of nitrogens with zero attached hydrogens (tertiary/aromatic N) is 3. The van der Waals surface area contributed by atoms with Crippen molar-refractivity contribution in [3.63, 3.8) is 0 Å². The largest absolute Gasteiger partial charge is 0.454 e. The summed E-state index contributed by atoms with van der Waals surface area (Å²) in [6, 6.07) is 10.4. The van der Waals surface area contributed by atoms with E-state index in [1.807, 2.05) is 12.1 Å². The fraction of sp³-hybridized carbons (Fsp3) is 0.381. The first-order chi connectivity index (χ1) is 13.3. The number of imidazole rings is 1. The third kappa shape index (κ3) is 3.15. The number of hydrogen-bond donors (Lipinski definition) is 1. The molecule has 0 spiro atoms. The van der Waals surface area contributed by atoms with E-state index in [1.54, 1.807) is 0 Å². The Morgan fingerprint density at radius 1 is 1.07 bits per heavy atom. The first kappa shape index (κ1) is 16.6. The highest BCUT2D eigenvalue weighted by atomic mass is 16.7. The highest BCUT2D eigenvalue weighted by Crippen LogP contribution is 2.37. The van der Waals surface area contributed by atoms with Crippen LogP contribution >= 0.6 is 0 Å². The molecule has 3 aromatic rings. The highest BCUT2D eigenvalue weighted by molar-refractivity contribution is 5.70. The molecule has 1 aromatic carbocycles. The Bertz CT molecular complexity index is 974. The maximum absolute atomic E-state index is 5.58. The molecule has 0 aliphatic carbocycles. The van der Waals surface area contributed by atoms with Gasteiger partial charge in [0.1, 0.15) is 5.65 Å². The minimum Gasteiger partial charge on any atom is -0.454 e. The number of pyridine rings is 1. The molecule has 140 valence electrons. The van der Waals surface area contributed by atoms with Crippen LogP contribution in [0.25, 0.3) is 16.9 Å². The molecule has 0 radical (unpaired) electrons. The molecule has 0 unspecified atom stereocenters. The molecule has 6 nitrogen and oxygen atoms in total. The Morgan fingerprint density at radius 2 is 2.00 bits per heavy atom. The van der Waals surface area contributed by atoms with E-state index in [9.17, 15) is 0 Å². The third-order valence-electron chi connectivity index (χ3n) is 5.33. The summed E-state index contributed by atoms with van der Waals surface area (Å²) in [5.74, 6) is 1.60. The predicted molar refractivity (Wildman–Crippen MR) is 104 cm³/mol. The van der Waals surface area contributed by atoms with Crippen molar-refractivity contribution >= 4 is 5.65 Å². The van der Waals surface area contributed by atoms with Gasteiger partial charge >= 0.3 is 0 Å². The molecule has 0 saturated carbocycles. The van der Waals surface area contributed by atoms with Crippen LogP contribution in [0.5, 0.6) is 11.5 Å². The van der Waals surface area contributed by atoms with Gasteiger partial charge in [-0.15, -0.1) is 0 Å². The van der Waals surface area contributed by atoms with Gasteiger partial charge in [0.05, 0.1) is 11.4 Å². The Morgan fingerprint density at radius 3 is 2.96 bits per heavy atom. The SMILES string of the molecule is Cc1ccn2c(CN3CCCNCC3)c(-c3ccc4c(c3)OCO4)nc2c1. The monoisotopic (exact) mass is 364 g/mol. The average molecular weight is 364 g/mol. The normalized spacial score (nSPS) is 17.4. The van der Waals surface area contributed by atoms with Gasteiger partial charge in [-0.3, -0.25) is 4.90 Å². The molecule has 0 atom stereocenters. The number of benzene rings is 1. The van der Waals surface area contributed by atoms with Crippen LogP contribution in [-0.2, 0) is 6.54 Å². The number of rotatable bonds is 3. The van der Waals surface area contributed by atoms with Gasteiger partial charge in [0, 0.05) is 31.4 Å². The second-order valence-corrected chi connectivity index (χ2v) is 7.29. The van der Waals surface area contributed by atoms with Crippen LogP contribution in [0.15, 0.2) is 36.5 Å². The van der Waals surface area contributed by atoms with Gasteiger partial charge in [-0.25, -0.2) is 4.98 Å². The van der Waals surface area contributed by atoms with Crippen molar-refractivity contribution in [2.45, 2.75) is 19.9 Å². The second-order valence-electron chi connectivity index (χ2n) is 7.29. The maximum Gasteiger partial charge on any atom is 0.231 e. The van der Waals surface area contributed by atoms with Crippen LogP contribution in [0.4, 0.5) is 0 Å². The van der Waals surface area contributed by atoms with Crippen LogP contribution < -0.4 is 14.8 Å². The summed E-state index contributed by atoms with van der Waals surface area (Å²) >= 11 is 0. The molecule has 6 heteroatoms. The van der Waals surface area contributed by atoms with E-state index < -0.39 is 0 Å². The molecule has 0 bridgehead atoms. The standard InChI is InChI=1S/C21H24N4O2/c1-15-5-9-25-17(13-24-8-2-6-22-7-10-24)21(23-20(25)11-15)16-3-4-18-19(12-16)27-14-26-18/h3-5,9,11-12,22H,2,6-8,10,13-14H2,1H3. The van der Waals surface area contributed by atoms with E-state index in [-0.39, 0.29) is 6.79 Å². The van der Waals surface area contributed by atoms with Crippen molar-refractivity contribution in [3.05, 3.63) is 47.8 Å². The third-order valence-corrected chi connectivity index (χ3v) is 5.33. The maximum atomic E-state index is 5.58. The molecule has 1 N–H and O–H groups in total. The molecule has 2 aromatic heterocycles. The Labute approximate surface area is 158 Å². The molecule has 2 aliphatic heterocycles. The van der Waals surface area contributed by atoms with Crippen LogP contribution in [0.3, 0.4) is 0 Å². The summed E-state index contributed by atoms with van der Waals surface area (Å²) in [5.41, 5.74) is 5.53. The number of nitrogens with one attached hydrogen (secondary N) is 1. The summed E-state index contributed by atoms with van der Waals surface area (Å²) in [6.07, 6.45) is 3.31. The summed E-state index contributed by atoms with van der Waals surface area (Å²) in [5, 5.41) is 3.48. The molecular weight excluding hydrogens is 340 g/mol.